The van der Waals surface area contributed by atoms with Crippen molar-refractivity contribution >= 4 is 21.6 Å². The fraction of sp³-hybridized carbons (Fsp3) is 0.368. The molecule has 2 aliphatic heterocycles. The number of phenols is 1. The second kappa shape index (κ2) is 5.53. The van der Waals surface area contributed by atoms with Crippen molar-refractivity contribution in [3.8, 4) is 5.75 Å². The molecule has 23 heavy (non-hydrogen) atoms. The summed E-state index contributed by atoms with van der Waals surface area (Å²) in [5.41, 5.74) is 6.07. The number of phenolic OH excluding ortho intramolecular Hbond substituents is 1. The lowest BCUT2D eigenvalue weighted by atomic mass is 9.80. The molecule has 4 heteroatoms. The summed E-state index contributed by atoms with van der Waals surface area (Å²) in [7, 11) is 0. The van der Waals surface area contributed by atoms with Crippen molar-refractivity contribution < 1.29 is 9.84 Å². The Morgan fingerprint density at radius 2 is 2.00 bits per heavy atom. The smallest absolute Gasteiger partial charge is 0.116 e. The van der Waals surface area contributed by atoms with Crippen LogP contribution in [0.3, 0.4) is 0 Å². The van der Waals surface area contributed by atoms with E-state index in [4.69, 9.17) is 4.74 Å². The Morgan fingerprint density at radius 3 is 2.83 bits per heavy atom. The number of hydrogen-bond acceptors (Lipinski definition) is 3. The highest BCUT2D eigenvalue weighted by molar-refractivity contribution is 9.10. The minimum atomic E-state index is 0.129. The zero-order chi connectivity index (χ0) is 16.1. The second-order valence-electron chi connectivity index (χ2n) is 6.62. The van der Waals surface area contributed by atoms with Gasteiger partial charge in [-0.05, 0) is 49.6 Å². The Labute approximate surface area is 144 Å². The highest BCUT2D eigenvalue weighted by Crippen LogP contribution is 2.52. The summed E-state index contributed by atoms with van der Waals surface area (Å²) in [6.45, 7) is 5.06. The van der Waals surface area contributed by atoms with E-state index in [1.54, 1.807) is 6.07 Å². The van der Waals surface area contributed by atoms with Gasteiger partial charge in [-0.15, -0.1) is 0 Å². The van der Waals surface area contributed by atoms with Crippen LogP contribution in [0.2, 0.25) is 0 Å². The molecule has 0 amide bonds. The summed E-state index contributed by atoms with van der Waals surface area (Å²) in [6, 6.07) is 10.1. The van der Waals surface area contributed by atoms with Gasteiger partial charge in [-0.2, -0.15) is 0 Å². The average molecular weight is 374 g/mol. The summed E-state index contributed by atoms with van der Waals surface area (Å²) in [5.74, 6) is 0.675. The second-order valence-corrected chi connectivity index (χ2v) is 7.47. The first kappa shape index (κ1) is 15.0. The van der Waals surface area contributed by atoms with E-state index in [9.17, 15) is 5.11 Å². The maximum absolute atomic E-state index is 9.92. The van der Waals surface area contributed by atoms with Gasteiger partial charge in [0.2, 0.25) is 0 Å². The Morgan fingerprint density at radius 1 is 1.17 bits per heavy atom. The highest BCUT2D eigenvalue weighted by atomic mass is 79.9. The van der Waals surface area contributed by atoms with E-state index >= 15 is 0 Å². The minimum Gasteiger partial charge on any atom is -0.508 e. The molecule has 4 rings (SSSR count). The Bertz CT molecular complexity index is 774. The van der Waals surface area contributed by atoms with Gasteiger partial charge in [0.1, 0.15) is 5.75 Å². The molecule has 2 aliphatic rings. The van der Waals surface area contributed by atoms with E-state index in [2.05, 4.69) is 47.2 Å². The molecular formula is C19H20BrNO2. The van der Waals surface area contributed by atoms with Crippen molar-refractivity contribution in [3.63, 3.8) is 0 Å². The molecule has 0 spiro atoms. The molecule has 2 heterocycles. The van der Waals surface area contributed by atoms with Gasteiger partial charge >= 0.3 is 0 Å². The number of halogens is 1. The van der Waals surface area contributed by atoms with E-state index in [0.717, 1.165) is 23.1 Å². The summed E-state index contributed by atoms with van der Waals surface area (Å²) >= 11 is 3.64. The van der Waals surface area contributed by atoms with Gasteiger partial charge < -0.3 is 15.2 Å². The monoisotopic (exact) mass is 373 g/mol. The van der Waals surface area contributed by atoms with Crippen molar-refractivity contribution in [3.05, 3.63) is 57.1 Å². The summed E-state index contributed by atoms with van der Waals surface area (Å²) < 4.78 is 7.12. The lowest BCUT2D eigenvalue weighted by Gasteiger charge is -2.38. The quantitative estimate of drug-likeness (QED) is 0.737. The zero-order valence-corrected chi connectivity index (χ0v) is 14.9. The van der Waals surface area contributed by atoms with E-state index in [1.165, 1.54) is 22.4 Å². The zero-order valence-electron chi connectivity index (χ0n) is 13.3. The van der Waals surface area contributed by atoms with Crippen LogP contribution in [0.25, 0.3) is 0 Å². The summed E-state index contributed by atoms with van der Waals surface area (Å²) in [4.78, 5) is 0. The first-order chi connectivity index (χ1) is 11.0. The van der Waals surface area contributed by atoms with Crippen molar-refractivity contribution in [1.82, 2.24) is 0 Å². The molecule has 0 saturated carbocycles. The number of anilines is 1. The molecule has 0 unspecified atom stereocenters. The van der Waals surface area contributed by atoms with Gasteiger partial charge in [0, 0.05) is 28.2 Å². The third kappa shape index (κ3) is 2.45. The molecule has 3 atom stereocenters. The van der Waals surface area contributed by atoms with E-state index in [0.29, 0.717) is 11.7 Å². The number of fused-ring (bicyclic) bond motifs is 3. The SMILES string of the molecule is Cc1cc(C)c2c(c1)[C@H]1OCC[C@H]1[C@@H](c1cc(O)ccc1Br)N2. The number of ether oxygens (including phenoxy) is 1. The molecule has 0 aliphatic carbocycles. The van der Waals surface area contributed by atoms with Crippen LogP contribution in [0.15, 0.2) is 34.8 Å². The summed E-state index contributed by atoms with van der Waals surface area (Å²) in [5, 5.41) is 13.6. The van der Waals surface area contributed by atoms with Crippen LogP contribution in [0.4, 0.5) is 5.69 Å². The van der Waals surface area contributed by atoms with Gasteiger partial charge in [0.05, 0.1) is 12.1 Å². The van der Waals surface area contributed by atoms with Gasteiger partial charge in [0.25, 0.3) is 0 Å². The lowest BCUT2D eigenvalue weighted by molar-refractivity contribution is 0.0827. The molecule has 0 aromatic heterocycles. The Hall–Kier alpha value is -1.52. The first-order valence-electron chi connectivity index (χ1n) is 8.02. The highest BCUT2D eigenvalue weighted by Gasteiger charge is 2.42. The van der Waals surface area contributed by atoms with Gasteiger partial charge in [0.15, 0.2) is 0 Å². The standard InChI is InChI=1S/C19H20BrNO2/c1-10-7-11(2)17-15(8-10)19-13(5-6-23-19)18(21-17)14-9-12(22)3-4-16(14)20/h3-4,7-9,13,18-19,21-22H,5-6H2,1-2H3/t13-,18-,19-/m0/s1. The van der Waals surface area contributed by atoms with Crippen LogP contribution < -0.4 is 5.32 Å². The van der Waals surface area contributed by atoms with Crippen molar-refractivity contribution in [2.24, 2.45) is 5.92 Å². The molecular weight excluding hydrogens is 354 g/mol. The third-order valence-electron chi connectivity index (χ3n) is 5.00. The molecule has 2 aromatic carbocycles. The number of aryl methyl sites for hydroxylation is 2. The molecule has 0 bridgehead atoms. The van der Waals surface area contributed by atoms with Crippen molar-refractivity contribution in [2.45, 2.75) is 32.4 Å². The van der Waals surface area contributed by atoms with Crippen LogP contribution in [0, 0.1) is 19.8 Å². The number of nitrogens with one attached hydrogen (secondary N) is 1. The Balaban J connectivity index is 1.85. The molecule has 2 aromatic rings. The predicted octanol–water partition coefficient (Wildman–Crippen LogP) is 5.02. The van der Waals surface area contributed by atoms with Crippen LogP contribution >= 0.6 is 15.9 Å². The largest absolute Gasteiger partial charge is 0.508 e. The molecule has 0 radical (unpaired) electrons. The van der Waals surface area contributed by atoms with E-state index in [1.807, 2.05) is 12.1 Å². The first-order valence-corrected chi connectivity index (χ1v) is 8.81. The normalized spacial score (nSPS) is 25.6. The van der Waals surface area contributed by atoms with Gasteiger partial charge in [-0.3, -0.25) is 0 Å². The van der Waals surface area contributed by atoms with Gasteiger partial charge in [-0.1, -0.05) is 33.6 Å². The molecule has 1 saturated heterocycles. The predicted molar refractivity (Wildman–Crippen MR) is 94.9 cm³/mol. The van der Waals surface area contributed by atoms with E-state index < -0.39 is 0 Å². The fourth-order valence-corrected chi connectivity index (χ4v) is 4.52. The van der Waals surface area contributed by atoms with Crippen LogP contribution in [-0.2, 0) is 4.74 Å². The van der Waals surface area contributed by atoms with Crippen molar-refractivity contribution in [1.29, 1.82) is 0 Å². The molecule has 3 nitrogen and oxygen atoms in total. The number of aromatic hydroxyl groups is 1. The Kier molecular flexibility index (Phi) is 3.62. The van der Waals surface area contributed by atoms with Crippen LogP contribution in [-0.4, -0.2) is 11.7 Å². The van der Waals surface area contributed by atoms with Crippen molar-refractivity contribution in [2.75, 3.05) is 11.9 Å². The maximum Gasteiger partial charge on any atom is 0.116 e. The molecule has 120 valence electrons. The third-order valence-corrected chi connectivity index (χ3v) is 5.72. The molecule has 1 fully saturated rings. The molecule has 2 N–H and O–H groups in total. The maximum atomic E-state index is 9.92. The topological polar surface area (TPSA) is 41.5 Å². The number of benzene rings is 2. The van der Waals surface area contributed by atoms with Crippen LogP contribution in [0.5, 0.6) is 5.75 Å². The summed E-state index contributed by atoms with van der Waals surface area (Å²) in [6.07, 6.45) is 1.15. The lowest BCUT2D eigenvalue weighted by Crippen LogP contribution is -2.30. The number of hydrogen-bond donors (Lipinski definition) is 2. The van der Waals surface area contributed by atoms with Crippen LogP contribution in [0.1, 0.15) is 40.8 Å². The van der Waals surface area contributed by atoms with Gasteiger partial charge in [-0.25, -0.2) is 0 Å². The van der Waals surface area contributed by atoms with E-state index in [-0.39, 0.29) is 12.1 Å². The fourth-order valence-electron chi connectivity index (χ4n) is 4.03. The average Bonchev–Trinajstić information content (AvgIpc) is 2.99. The minimum absolute atomic E-state index is 0.129. The number of rotatable bonds is 1.